The van der Waals surface area contributed by atoms with Crippen molar-refractivity contribution in [3.8, 4) is 0 Å². The summed E-state index contributed by atoms with van der Waals surface area (Å²) in [5.41, 5.74) is 1.09. The van der Waals surface area contributed by atoms with Crippen LogP contribution in [0.5, 0.6) is 0 Å². The highest BCUT2D eigenvalue weighted by Crippen LogP contribution is 2.26. The standard InChI is InChI=1S/C40H56N6O6S/c1-8-26(2)34(46-20-19-45(38(46)50)25-31-24-41-27(3)53-31)36(48)42-30(21-28-15-11-9-12-16-28)23-33(47)32(22-29-17-13-10-14-18-29)43-37(49)35(40(4,5)6)44(7)39(51)52/h9-18,24,26,30,32-35,47H,8,19-23,25H2,1-7H3,(H,42,48)(H,43,49)(H,51,52)/t26?,30-,32-,33+,34-,35+/m0/s1. The second kappa shape index (κ2) is 18.5. The fourth-order valence-electron chi connectivity index (χ4n) is 7.11. The number of aliphatic hydroxyl groups excluding tert-OH is 1. The minimum atomic E-state index is -1.24. The highest BCUT2D eigenvalue weighted by atomic mass is 32.1. The molecular weight excluding hydrogens is 693 g/mol. The van der Waals surface area contributed by atoms with E-state index in [1.54, 1.807) is 48.1 Å². The number of carbonyl (C=O) groups excluding carboxylic acids is 3. The van der Waals surface area contributed by atoms with Crippen molar-refractivity contribution in [1.29, 1.82) is 0 Å². The largest absolute Gasteiger partial charge is 0.465 e. The minimum Gasteiger partial charge on any atom is -0.465 e. The lowest BCUT2D eigenvalue weighted by molar-refractivity contribution is -0.131. The molecule has 0 bridgehead atoms. The smallest absolute Gasteiger partial charge is 0.407 e. The topological polar surface area (TPSA) is 155 Å². The van der Waals surface area contributed by atoms with E-state index in [4.69, 9.17) is 0 Å². The van der Waals surface area contributed by atoms with Crippen LogP contribution in [0.15, 0.2) is 66.9 Å². The number of nitrogens with one attached hydrogen (secondary N) is 2. The van der Waals surface area contributed by atoms with Crippen LogP contribution in [0.25, 0.3) is 0 Å². The Hall–Kier alpha value is -4.49. The van der Waals surface area contributed by atoms with Gasteiger partial charge in [-0.2, -0.15) is 0 Å². The zero-order valence-electron chi connectivity index (χ0n) is 32.0. The highest BCUT2D eigenvalue weighted by Gasteiger charge is 2.42. The van der Waals surface area contributed by atoms with E-state index < -0.39 is 47.7 Å². The number of aliphatic hydroxyl groups is 1. The molecule has 1 unspecified atom stereocenters. The monoisotopic (exact) mass is 748 g/mol. The number of likely N-dealkylation sites (N-methyl/N-ethyl adjacent to an activating group) is 1. The van der Waals surface area contributed by atoms with Crippen LogP contribution in [0.1, 0.15) is 68.5 Å². The van der Waals surface area contributed by atoms with E-state index in [-0.39, 0.29) is 30.7 Å². The Morgan fingerprint density at radius 1 is 0.962 bits per heavy atom. The summed E-state index contributed by atoms with van der Waals surface area (Å²) in [5, 5.41) is 28.9. The van der Waals surface area contributed by atoms with Crippen molar-refractivity contribution in [1.82, 2.24) is 30.3 Å². The Morgan fingerprint density at radius 2 is 1.57 bits per heavy atom. The Labute approximate surface area is 317 Å². The first-order valence-electron chi connectivity index (χ1n) is 18.4. The molecular formula is C40H56N6O6S. The molecule has 288 valence electrons. The van der Waals surface area contributed by atoms with Gasteiger partial charge in [0, 0.05) is 37.3 Å². The lowest BCUT2D eigenvalue weighted by atomic mass is 9.84. The number of benzene rings is 2. The van der Waals surface area contributed by atoms with Crippen LogP contribution in [0.2, 0.25) is 0 Å². The van der Waals surface area contributed by atoms with Crippen LogP contribution in [-0.4, -0.2) is 104 Å². The van der Waals surface area contributed by atoms with E-state index in [0.717, 1.165) is 25.9 Å². The molecule has 1 aliphatic heterocycles. The second-order valence-corrected chi connectivity index (χ2v) is 16.6. The number of carbonyl (C=O) groups is 4. The van der Waals surface area contributed by atoms with E-state index in [0.29, 0.717) is 32.5 Å². The molecule has 1 saturated heterocycles. The van der Waals surface area contributed by atoms with Crippen molar-refractivity contribution >= 4 is 35.3 Å². The first kappa shape index (κ1) is 41.3. The Bertz CT molecular complexity index is 1660. The van der Waals surface area contributed by atoms with E-state index in [1.807, 2.05) is 81.4 Å². The summed E-state index contributed by atoms with van der Waals surface area (Å²) in [6, 6.07) is 15.8. The van der Waals surface area contributed by atoms with Crippen LogP contribution in [0.3, 0.4) is 0 Å². The maximum Gasteiger partial charge on any atom is 0.407 e. The SMILES string of the molecule is CCC(C)[C@@H](C(=O)N[C@@H](Cc1ccccc1)C[C@@H](O)[C@H](Cc1ccccc1)NC(=O)[C@@H](N(C)C(=O)O)C(C)(C)C)N1CCN(Cc2cnc(C)s2)C1=O. The summed E-state index contributed by atoms with van der Waals surface area (Å²) in [7, 11) is 1.37. The van der Waals surface area contributed by atoms with Gasteiger partial charge in [-0.1, -0.05) is 102 Å². The third kappa shape index (κ3) is 11.3. The molecule has 1 aliphatic rings. The molecule has 1 aromatic heterocycles. The summed E-state index contributed by atoms with van der Waals surface area (Å²) in [4.78, 5) is 63.7. The summed E-state index contributed by atoms with van der Waals surface area (Å²) in [6.07, 6.45) is 0.867. The first-order valence-corrected chi connectivity index (χ1v) is 19.2. The van der Waals surface area contributed by atoms with Crippen LogP contribution in [-0.2, 0) is 29.0 Å². The number of hydrogen-bond acceptors (Lipinski definition) is 7. The highest BCUT2D eigenvalue weighted by molar-refractivity contribution is 7.11. The molecule has 6 atom stereocenters. The van der Waals surface area contributed by atoms with Crippen molar-refractivity contribution in [3.63, 3.8) is 0 Å². The third-order valence-corrected chi connectivity index (χ3v) is 10.9. The van der Waals surface area contributed by atoms with Crippen molar-refractivity contribution in [2.75, 3.05) is 20.1 Å². The lowest BCUT2D eigenvalue weighted by Crippen LogP contribution is -2.58. The molecule has 0 radical (unpaired) electrons. The number of nitrogens with zero attached hydrogens (tertiary/aromatic N) is 4. The molecule has 12 nitrogen and oxygen atoms in total. The van der Waals surface area contributed by atoms with Crippen molar-refractivity contribution in [2.45, 2.75) is 104 Å². The molecule has 4 N–H and O–H groups in total. The Morgan fingerprint density at radius 3 is 2.09 bits per heavy atom. The van der Waals surface area contributed by atoms with Crippen LogP contribution in [0.4, 0.5) is 9.59 Å². The molecule has 5 amide bonds. The minimum absolute atomic E-state index is 0.0887. The molecule has 53 heavy (non-hydrogen) atoms. The molecule has 2 aromatic carbocycles. The molecule has 0 saturated carbocycles. The molecule has 1 fully saturated rings. The van der Waals surface area contributed by atoms with E-state index in [2.05, 4.69) is 15.6 Å². The van der Waals surface area contributed by atoms with Gasteiger partial charge in [-0.15, -0.1) is 11.3 Å². The van der Waals surface area contributed by atoms with Gasteiger partial charge in [0.25, 0.3) is 0 Å². The second-order valence-electron chi connectivity index (χ2n) is 15.2. The van der Waals surface area contributed by atoms with Gasteiger partial charge in [-0.3, -0.25) is 14.5 Å². The van der Waals surface area contributed by atoms with E-state index >= 15 is 0 Å². The number of aromatic nitrogens is 1. The summed E-state index contributed by atoms with van der Waals surface area (Å²) < 4.78 is 0. The van der Waals surface area contributed by atoms with Gasteiger partial charge < -0.3 is 30.6 Å². The van der Waals surface area contributed by atoms with Gasteiger partial charge in [0.15, 0.2) is 0 Å². The summed E-state index contributed by atoms with van der Waals surface area (Å²) in [5.74, 6) is -0.957. The summed E-state index contributed by atoms with van der Waals surface area (Å²) in [6.45, 7) is 12.6. The predicted octanol–water partition coefficient (Wildman–Crippen LogP) is 5.33. The first-order chi connectivity index (χ1) is 25.1. The number of hydrogen-bond donors (Lipinski definition) is 4. The molecule has 0 aliphatic carbocycles. The number of amides is 5. The predicted molar refractivity (Wildman–Crippen MR) is 206 cm³/mol. The van der Waals surface area contributed by atoms with Gasteiger partial charge in [-0.25, -0.2) is 14.6 Å². The lowest BCUT2D eigenvalue weighted by Gasteiger charge is -2.37. The zero-order valence-corrected chi connectivity index (χ0v) is 32.8. The normalized spacial score (nSPS) is 16.7. The summed E-state index contributed by atoms with van der Waals surface area (Å²) >= 11 is 1.55. The fourth-order valence-corrected chi connectivity index (χ4v) is 7.92. The van der Waals surface area contributed by atoms with Crippen molar-refractivity contribution in [3.05, 3.63) is 87.9 Å². The number of urea groups is 1. The van der Waals surface area contributed by atoms with E-state index in [9.17, 15) is 29.4 Å². The zero-order chi connectivity index (χ0) is 38.9. The van der Waals surface area contributed by atoms with Gasteiger partial charge in [0.1, 0.15) is 12.1 Å². The van der Waals surface area contributed by atoms with E-state index in [1.165, 1.54) is 7.05 Å². The quantitative estimate of drug-likeness (QED) is 0.145. The van der Waals surface area contributed by atoms with Crippen LogP contribution >= 0.6 is 11.3 Å². The Balaban J connectivity index is 1.60. The Kier molecular flexibility index (Phi) is 14.4. The number of carboxylic acid groups (broad SMARTS) is 1. The maximum atomic E-state index is 14.4. The molecule has 4 rings (SSSR count). The van der Waals surface area contributed by atoms with Gasteiger partial charge in [0.05, 0.1) is 23.7 Å². The van der Waals surface area contributed by atoms with Crippen molar-refractivity contribution < 1.29 is 29.4 Å². The average Bonchev–Trinajstić information content (AvgIpc) is 3.68. The molecule has 13 heteroatoms. The average molecular weight is 749 g/mol. The van der Waals surface area contributed by atoms with Crippen molar-refractivity contribution in [2.24, 2.45) is 11.3 Å². The maximum absolute atomic E-state index is 14.4. The van der Waals surface area contributed by atoms with Gasteiger partial charge in [0.2, 0.25) is 11.8 Å². The number of aryl methyl sites for hydroxylation is 1. The molecule has 3 aromatic rings. The third-order valence-electron chi connectivity index (χ3n) is 9.98. The number of thiazole rings is 1. The van der Waals surface area contributed by atoms with Gasteiger partial charge >= 0.3 is 12.1 Å². The van der Waals surface area contributed by atoms with Crippen LogP contribution in [0, 0.1) is 18.3 Å². The molecule has 2 heterocycles. The van der Waals surface area contributed by atoms with Crippen LogP contribution < -0.4 is 10.6 Å². The van der Waals surface area contributed by atoms with Gasteiger partial charge in [-0.05, 0) is 48.6 Å². The number of rotatable bonds is 17. The molecule has 0 spiro atoms. The fraction of sp³-hybridized carbons (Fsp3) is 0.525.